The minimum Gasteiger partial charge on any atom is -0.481 e. The Morgan fingerprint density at radius 1 is 1.11 bits per heavy atom. The molecule has 0 saturated carbocycles. The molecule has 6 heteroatoms. The van der Waals surface area contributed by atoms with Crippen molar-refractivity contribution < 1.29 is 30.0 Å². The molecule has 0 amide bonds. The Bertz CT molecular complexity index is 551. The summed E-state index contributed by atoms with van der Waals surface area (Å²) in [5.74, 6) is -0.785. The van der Waals surface area contributed by atoms with Crippen LogP contribution in [0.1, 0.15) is 51.9 Å². The van der Waals surface area contributed by atoms with E-state index in [0.29, 0.717) is 25.7 Å². The lowest BCUT2D eigenvalue weighted by molar-refractivity contribution is -0.136. The highest BCUT2D eigenvalue weighted by molar-refractivity contribution is 5.66. The zero-order valence-corrected chi connectivity index (χ0v) is 16.6. The lowest BCUT2D eigenvalue weighted by Gasteiger charge is -2.16. The van der Waals surface area contributed by atoms with Gasteiger partial charge in [0.15, 0.2) is 0 Å². The maximum atomic E-state index is 10.4. The summed E-state index contributed by atoms with van der Waals surface area (Å²) in [6.07, 6.45) is 15.9. The van der Waals surface area contributed by atoms with Crippen molar-refractivity contribution in [3.05, 3.63) is 48.6 Å². The number of carboxylic acid groups (broad SMARTS) is 1. The van der Waals surface area contributed by atoms with Crippen molar-refractivity contribution in [2.45, 2.75) is 82.4 Å². The Hall–Kier alpha value is -1.73. The van der Waals surface area contributed by atoms with E-state index in [9.17, 15) is 20.1 Å². The molecule has 0 aromatic rings. The predicted octanol–water partition coefficient (Wildman–Crippen LogP) is 2.90. The largest absolute Gasteiger partial charge is 0.481 e. The van der Waals surface area contributed by atoms with Gasteiger partial charge in [0, 0.05) is 12.8 Å². The van der Waals surface area contributed by atoms with Crippen molar-refractivity contribution in [3.63, 3.8) is 0 Å². The molecule has 1 fully saturated rings. The summed E-state index contributed by atoms with van der Waals surface area (Å²) >= 11 is 0. The molecule has 1 aliphatic heterocycles. The number of rotatable bonds is 13. The Morgan fingerprint density at radius 2 is 1.75 bits per heavy atom. The van der Waals surface area contributed by atoms with Crippen LogP contribution in [0.15, 0.2) is 48.6 Å². The first-order valence-corrected chi connectivity index (χ1v) is 9.98. The smallest absolute Gasteiger partial charge is 0.303 e. The molecular weight excluding hydrogens is 360 g/mol. The molecule has 4 N–H and O–H groups in total. The Labute approximate surface area is 167 Å². The van der Waals surface area contributed by atoms with Crippen molar-refractivity contribution in [3.8, 4) is 0 Å². The highest BCUT2D eigenvalue weighted by Crippen LogP contribution is 2.25. The first-order valence-electron chi connectivity index (χ1n) is 9.98. The maximum Gasteiger partial charge on any atom is 0.303 e. The van der Waals surface area contributed by atoms with Crippen LogP contribution < -0.4 is 0 Å². The van der Waals surface area contributed by atoms with Crippen molar-refractivity contribution in [2.24, 2.45) is 0 Å². The van der Waals surface area contributed by atoms with Gasteiger partial charge in [-0.05, 0) is 32.1 Å². The van der Waals surface area contributed by atoms with E-state index in [1.165, 1.54) is 0 Å². The molecule has 1 saturated heterocycles. The summed E-state index contributed by atoms with van der Waals surface area (Å²) in [5, 5.41) is 38.3. The average molecular weight is 395 g/mol. The third-order valence-corrected chi connectivity index (χ3v) is 4.50. The number of aliphatic carboxylic acids is 1. The fraction of sp³-hybridized carbons (Fsp3) is 0.591. The molecule has 0 unspecified atom stereocenters. The SMILES string of the molecule is CC[C@@H](O)/C=C/[C@H]1O[C@@H]([C@H](O)C/C=C\C/C=C\C/C=C\CCC(=O)O)C[C@H]1O. The topological polar surface area (TPSA) is 107 Å². The number of aliphatic hydroxyl groups excluding tert-OH is 3. The highest BCUT2D eigenvalue weighted by Gasteiger charge is 2.35. The fourth-order valence-electron chi connectivity index (χ4n) is 2.77. The van der Waals surface area contributed by atoms with Gasteiger partial charge in [-0.25, -0.2) is 0 Å². The fourth-order valence-corrected chi connectivity index (χ4v) is 2.77. The van der Waals surface area contributed by atoms with E-state index in [1.54, 1.807) is 12.2 Å². The zero-order valence-electron chi connectivity index (χ0n) is 16.6. The van der Waals surface area contributed by atoms with Crippen LogP contribution in [0.2, 0.25) is 0 Å². The molecule has 0 aliphatic carbocycles. The van der Waals surface area contributed by atoms with Crippen molar-refractivity contribution >= 4 is 5.97 Å². The van der Waals surface area contributed by atoms with E-state index in [0.717, 1.165) is 12.8 Å². The van der Waals surface area contributed by atoms with E-state index in [1.807, 2.05) is 43.4 Å². The zero-order chi connectivity index (χ0) is 20.8. The first-order chi connectivity index (χ1) is 13.4. The molecular formula is C22H34O6. The molecule has 0 radical (unpaired) electrons. The quantitative estimate of drug-likeness (QED) is 0.358. The predicted molar refractivity (Wildman–Crippen MR) is 109 cm³/mol. The summed E-state index contributed by atoms with van der Waals surface area (Å²) in [6, 6.07) is 0. The van der Waals surface area contributed by atoms with Gasteiger partial charge in [-0.2, -0.15) is 0 Å². The van der Waals surface area contributed by atoms with E-state index in [-0.39, 0.29) is 6.42 Å². The molecule has 0 bridgehead atoms. The van der Waals surface area contributed by atoms with Gasteiger partial charge in [-0.3, -0.25) is 4.79 Å². The lowest BCUT2D eigenvalue weighted by atomic mass is 10.0. The first kappa shape index (κ1) is 24.3. The number of hydrogen-bond acceptors (Lipinski definition) is 5. The standard InChI is InChI=1S/C22H34O6/c1-2-17(23)14-15-20-19(25)16-21(28-20)18(24)12-10-8-6-4-3-5-7-9-11-13-22(26)27/h3-4,7-10,14-15,17-21,23-25H,2,5-6,11-13,16H2,1H3,(H,26,27)/b4-3-,9-7-,10-8-,15-14+/t17-,18-,19-,20-,21-/m1/s1. The molecule has 158 valence electrons. The van der Waals surface area contributed by atoms with Crippen LogP contribution in [-0.4, -0.2) is 56.9 Å². The van der Waals surface area contributed by atoms with Gasteiger partial charge >= 0.3 is 5.97 Å². The van der Waals surface area contributed by atoms with E-state index in [2.05, 4.69) is 0 Å². The molecule has 6 nitrogen and oxygen atoms in total. The summed E-state index contributed by atoms with van der Waals surface area (Å²) < 4.78 is 5.70. The maximum absolute atomic E-state index is 10.4. The number of allylic oxidation sites excluding steroid dienone is 5. The van der Waals surface area contributed by atoms with Crippen LogP contribution in [-0.2, 0) is 9.53 Å². The highest BCUT2D eigenvalue weighted by atomic mass is 16.5. The van der Waals surface area contributed by atoms with E-state index >= 15 is 0 Å². The number of ether oxygens (including phenoxy) is 1. The Balaban J connectivity index is 2.22. The second kappa shape index (κ2) is 14.3. The summed E-state index contributed by atoms with van der Waals surface area (Å²) in [5.41, 5.74) is 0. The number of hydrogen-bond donors (Lipinski definition) is 4. The molecule has 0 spiro atoms. The van der Waals surface area contributed by atoms with Crippen molar-refractivity contribution in [1.82, 2.24) is 0 Å². The third kappa shape index (κ3) is 10.6. The second-order valence-electron chi connectivity index (χ2n) is 6.92. The molecule has 1 rings (SSSR count). The van der Waals surface area contributed by atoms with Crippen molar-refractivity contribution in [2.75, 3.05) is 0 Å². The van der Waals surface area contributed by atoms with Gasteiger partial charge in [0.2, 0.25) is 0 Å². The summed E-state index contributed by atoms with van der Waals surface area (Å²) in [4.78, 5) is 10.4. The van der Waals surface area contributed by atoms with Crippen LogP contribution in [0.3, 0.4) is 0 Å². The number of aliphatic hydroxyl groups is 3. The van der Waals surface area contributed by atoms with Crippen LogP contribution in [0.25, 0.3) is 0 Å². The Kier molecular flexibility index (Phi) is 12.4. The van der Waals surface area contributed by atoms with E-state index < -0.39 is 36.5 Å². The normalized spacial score (nSPS) is 25.5. The molecule has 28 heavy (non-hydrogen) atoms. The van der Waals surface area contributed by atoms with Crippen LogP contribution in [0.5, 0.6) is 0 Å². The minimum absolute atomic E-state index is 0.157. The average Bonchev–Trinajstić information content (AvgIpc) is 3.04. The van der Waals surface area contributed by atoms with Gasteiger partial charge in [0.05, 0.1) is 24.4 Å². The van der Waals surface area contributed by atoms with Crippen LogP contribution in [0.4, 0.5) is 0 Å². The summed E-state index contributed by atoms with van der Waals surface area (Å²) in [7, 11) is 0. The van der Waals surface area contributed by atoms with Crippen LogP contribution >= 0.6 is 0 Å². The molecule has 0 aromatic carbocycles. The van der Waals surface area contributed by atoms with Gasteiger partial charge in [0.25, 0.3) is 0 Å². The third-order valence-electron chi connectivity index (χ3n) is 4.50. The van der Waals surface area contributed by atoms with Gasteiger partial charge in [-0.1, -0.05) is 55.5 Å². The lowest BCUT2D eigenvalue weighted by Crippen LogP contribution is -2.25. The molecule has 5 atom stereocenters. The number of carbonyl (C=O) groups is 1. The van der Waals surface area contributed by atoms with Gasteiger partial charge in [-0.15, -0.1) is 0 Å². The van der Waals surface area contributed by atoms with E-state index in [4.69, 9.17) is 9.84 Å². The van der Waals surface area contributed by atoms with Crippen molar-refractivity contribution in [1.29, 1.82) is 0 Å². The second-order valence-corrected chi connectivity index (χ2v) is 6.92. The monoisotopic (exact) mass is 394 g/mol. The summed E-state index contributed by atoms with van der Waals surface area (Å²) in [6.45, 7) is 1.87. The Morgan fingerprint density at radius 3 is 2.39 bits per heavy atom. The van der Waals surface area contributed by atoms with Crippen LogP contribution in [0, 0.1) is 0 Å². The molecule has 1 aliphatic rings. The van der Waals surface area contributed by atoms with Gasteiger partial charge < -0.3 is 25.2 Å². The number of carboxylic acids is 1. The molecule has 0 aromatic heterocycles. The van der Waals surface area contributed by atoms with Gasteiger partial charge in [0.1, 0.15) is 6.10 Å². The molecule has 1 heterocycles. The minimum atomic E-state index is -0.785.